The van der Waals surface area contributed by atoms with Crippen LogP contribution in [0.4, 0.5) is 11.5 Å². The number of thiocarbonyl (C=S) groups is 1. The average Bonchev–Trinajstić information content (AvgIpc) is 2.57. The highest BCUT2D eigenvalue weighted by molar-refractivity contribution is 7.80. The summed E-state index contributed by atoms with van der Waals surface area (Å²) in [5.41, 5.74) is 8.81. The summed E-state index contributed by atoms with van der Waals surface area (Å²) in [7, 11) is 0. The molecule has 0 unspecified atom stereocenters. The first-order chi connectivity index (χ1) is 11.2. The molecule has 0 aliphatic heterocycles. The zero-order chi connectivity index (χ0) is 16.1. The van der Waals surface area contributed by atoms with Crippen molar-refractivity contribution in [1.29, 1.82) is 0 Å². The summed E-state index contributed by atoms with van der Waals surface area (Å²) in [5.74, 6) is 0.622. The smallest absolute Gasteiger partial charge is 0.176 e. The van der Waals surface area contributed by atoms with Crippen LogP contribution in [0, 0.1) is 0 Å². The first-order valence-electron chi connectivity index (χ1n) is 7.23. The maximum absolute atomic E-state index is 5.89. The standard InChI is InChI=1S/C18H16N4S/c19-18(23)22(16-9-5-2-6-10-16)17-13-20-12-15(21-17)11-14-7-3-1-4-8-14/h1-10,12-13H,11H2,(H2,19,23). The van der Waals surface area contributed by atoms with Gasteiger partial charge in [-0.1, -0.05) is 48.5 Å². The molecule has 0 fully saturated rings. The number of hydrogen-bond acceptors (Lipinski definition) is 3. The fourth-order valence-corrected chi connectivity index (χ4v) is 2.54. The Labute approximate surface area is 140 Å². The molecule has 0 aliphatic rings. The van der Waals surface area contributed by atoms with Gasteiger partial charge in [0, 0.05) is 18.3 Å². The van der Waals surface area contributed by atoms with Crippen molar-refractivity contribution < 1.29 is 0 Å². The van der Waals surface area contributed by atoms with Crippen molar-refractivity contribution in [2.45, 2.75) is 6.42 Å². The van der Waals surface area contributed by atoms with Gasteiger partial charge < -0.3 is 5.73 Å². The van der Waals surface area contributed by atoms with Crippen LogP contribution < -0.4 is 10.6 Å². The Morgan fingerprint density at radius 1 is 0.957 bits per heavy atom. The molecular formula is C18H16N4S. The van der Waals surface area contributed by atoms with E-state index in [0.29, 0.717) is 12.2 Å². The number of benzene rings is 2. The Kier molecular flexibility index (Phi) is 4.59. The Bertz CT molecular complexity index is 790. The third kappa shape index (κ3) is 3.70. The summed E-state index contributed by atoms with van der Waals surface area (Å²) in [5, 5.41) is 0.238. The topological polar surface area (TPSA) is 55.0 Å². The van der Waals surface area contributed by atoms with Crippen molar-refractivity contribution in [3.8, 4) is 0 Å². The van der Waals surface area contributed by atoms with Crippen LogP contribution in [-0.2, 0) is 6.42 Å². The highest BCUT2D eigenvalue weighted by Crippen LogP contribution is 2.23. The number of nitrogens with zero attached hydrogens (tertiary/aromatic N) is 3. The van der Waals surface area contributed by atoms with Gasteiger partial charge >= 0.3 is 0 Å². The van der Waals surface area contributed by atoms with Gasteiger partial charge in [0.15, 0.2) is 10.9 Å². The highest BCUT2D eigenvalue weighted by Gasteiger charge is 2.14. The number of para-hydroxylation sites is 1. The molecule has 0 atom stereocenters. The van der Waals surface area contributed by atoms with E-state index >= 15 is 0 Å². The van der Waals surface area contributed by atoms with Gasteiger partial charge in [0.05, 0.1) is 11.9 Å². The summed E-state index contributed by atoms with van der Waals surface area (Å²) >= 11 is 5.19. The van der Waals surface area contributed by atoms with Gasteiger partial charge in [-0.05, 0) is 29.9 Å². The lowest BCUT2D eigenvalue weighted by Crippen LogP contribution is -2.32. The molecule has 3 rings (SSSR count). The van der Waals surface area contributed by atoms with Crippen LogP contribution in [0.15, 0.2) is 73.1 Å². The molecule has 5 heteroatoms. The van der Waals surface area contributed by atoms with Gasteiger partial charge in [0.1, 0.15) is 0 Å². The molecule has 0 spiro atoms. The molecular weight excluding hydrogens is 304 g/mol. The van der Waals surface area contributed by atoms with E-state index in [1.165, 1.54) is 5.56 Å². The number of aromatic nitrogens is 2. The number of nitrogens with two attached hydrogens (primary N) is 1. The SMILES string of the molecule is NC(=S)N(c1ccccc1)c1cncc(Cc2ccccc2)n1. The minimum absolute atomic E-state index is 0.238. The number of rotatable bonds is 4. The lowest BCUT2D eigenvalue weighted by molar-refractivity contribution is 1.02. The molecule has 23 heavy (non-hydrogen) atoms. The molecule has 0 radical (unpaired) electrons. The maximum atomic E-state index is 5.89. The molecule has 4 nitrogen and oxygen atoms in total. The van der Waals surface area contributed by atoms with Gasteiger partial charge in [0.25, 0.3) is 0 Å². The quantitative estimate of drug-likeness (QED) is 0.746. The summed E-state index contributed by atoms with van der Waals surface area (Å²) in [4.78, 5) is 10.7. The summed E-state index contributed by atoms with van der Waals surface area (Å²) < 4.78 is 0. The maximum Gasteiger partial charge on any atom is 0.176 e. The second kappa shape index (κ2) is 6.98. The average molecular weight is 320 g/mol. The van der Waals surface area contributed by atoms with Crippen LogP contribution in [0.5, 0.6) is 0 Å². The molecule has 0 saturated carbocycles. The van der Waals surface area contributed by atoms with Gasteiger partial charge in [-0.3, -0.25) is 9.88 Å². The molecule has 0 aliphatic carbocycles. The van der Waals surface area contributed by atoms with Crippen LogP contribution in [-0.4, -0.2) is 15.1 Å². The minimum Gasteiger partial charge on any atom is -0.376 e. The van der Waals surface area contributed by atoms with Crippen LogP contribution in [0.3, 0.4) is 0 Å². The number of anilines is 2. The van der Waals surface area contributed by atoms with E-state index in [2.05, 4.69) is 22.1 Å². The second-order valence-electron chi connectivity index (χ2n) is 5.04. The lowest BCUT2D eigenvalue weighted by Gasteiger charge is -2.21. The molecule has 0 amide bonds. The fourth-order valence-electron chi connectivity index (χ4n) is 2.34. The fraction of sp³-hybridized carbons (Fsp3) is 0.0556. The normalized spacial score (nSPS) is 10.3. The van der Waals surface area contributed by atoms with Gasteiger partial charge in [-0.15, -0.1) is 0 Å². The highest BCUT2D eigenvalue weighted by atomic mass is 32.1. The molecule has 2 aromatic carbocycles. The van der Waals surface area contributed by atoms with E-state index in [0.717, 1.165) is 11.4 Å². The van der Waals surface area contributed by atoms with Crippen molar-refractivity contribution in [1.82, 2.24) is 9.97 Å². The summed E-state index contributed by atoms with van der Waals surface area (Å²) in [6, 6.07) is 19.8. The van der Waals surface area contributed by atoms with Crippen molar-refractivity contribution in [3.05, 3.63) is 84.3 Å². The first kappa shape index (κ1) is 15.1. The Hall–Kier alpha value is -2.79. The van der Waals surface area contributed by atoms with Gasteiger partial charge in [-0.25, -0.2) is 4.98 Å². The summed E-state index contributed by atoms with van der Waals surface area (Å²) in [6.07, 6.45) is 4.14. The second-order valence-corrected chi connectivity index (χ2v) is 5.46. The Morgan fingerprint density at radius 2 is 1.61 bits per heavy atom. The van der Waals surface area contributed by atoms with Crippen molar-refractivity contribution >= 4 is 28.8 Å². The third-order valence-electron chi connectivity index (χ3n) is 3.36. The summed E-state index contributed by atoms with van der Waals surface area (Å²) in [6.45, 7) is 0. The van der Waals surface area contributed by atoms with Crippen molar-refractivity contribution in [2.24, 2.45) is 5.73 Å². The molecule has 114 valence electrons. The predicted molar refractivity (Wildman–Crippen MR) is 96.6 cm³/mol. The van der Waals surface area contributed by atoms with Crippen molar-refractivity contribution in [2.75, 3.05) is 4.90 Å². The Balaban J connectivity index is 1.92. The molecule has 1 heterocycles. The number of hydrogen-bond donors (Lipinski definition) is 1. The predicted octanol–water partition coefficient (Wildman–Crippen LogP) is 3.45. The molecule has 1 aromatic heterocycles. The molecule has 0 bridgehead atoms. The van der Waals surface area contributed by atoms with Crippen LogP contribution in [0.2, 0.25) is 0 Å². The largest absolute Gasteiger partial charge is 0.376 e. The van der Waals surface area contributed by atoms with E-state index in [-0.39, 0.29) is 5.11 Å². The van der Waals surface area contributed by atoms with Crippen LogP contribution in [0.1, 0.15) is 11.3 Å². The van der Waals surface area contributed by atoms with E-state index in [9.17, 15) is 0 Å². The van der Waals surface area contributed by atoms with E-state index < -0.39 is 0 Å². The minimum atomic E-state index is 0.238. The van der Waals surface area contributed by atoms with E-state index in [4.69, 9.17) is 18.0 Å². The Morgan fingerprint density at radius 3 is 2.26 bits per heavy atom. The lowest BCUT2D eigenvalue weighted by atomic mass is 10.1. The zero-order valence-corrected chi connectivity index (χ0v) is 13.3. The molecule has 0 saturated heterocycles. The van der Waals surface area contributed by atoms with E-state index in [1.807, 2.05) is 48.5 Å². The molecule has 3 aromatic rings. The van der Waals surface area contributed by atoms with Crippen LogP contribution >= 0.6 is 12.2 Å². The first-order valence-corrected chi connectivity index (χ1v) is 7.64. The third-order valence-corrected chi connectivity index (χ3v) is 3.55. The van der Waals surface area contributed by atoms with Gasteiger partial charge in [0.2, 0.25) is 0 Å². The zero-order valence-electron chi connectivity index (χ0n) is 12.5. The van der Waals surface area contributed by atoms with Gasteiger partial charge in [-0.2, -0.15) is 0 Å². The van der Waals surface area contributed by atoms with E-state index in [1.54, 1.807) is 17.3 Å². The van der Waals surface area contributed by atoms with Crippen LogP contribution in [0.25, 0.3) is 0 Å². The monoisotopic (exact) mass is 320 g/mol. The molecule has 2 N–H and O–H groups in total. The van der Waals surface area contributed by atoms with Crippen molar-refractivity contribution in [3.63, 3.8) is 0 Å².